The zero-order valence-electron chi connectivity index (χ0n) is 29.9. The lowest BCUT2D eigenvalue weighted by Gasteiger charge is -2.62. The van der Waals surface area contributed by atoms with Crippen LogP contribution in [0.5, 0.6) is 0 Å². The molecule has 9 rings (SSSR count). The van der Waals surface area contributed by atoms with Gasteiger partial charge in [-0.15, -0.1) is 0 Å². The Labute approximate surface area is 296 Å². The molecule has 1 N–H and O–H groups in total. The number of allylic oxidation sites excluding steroid dienone is 1. The predicted octanol–water partition coefficient (Wildman–Crippen LogP) is 9.75. The lowest BCUT2D eigenvalue weighted by molar-refractivity contribution is -0.114. The van der Waals surface area contributed by atoms with Crippen LogP contribution in [0.1, 0.15) is 110 Å². The fourth-order valence-electron chi connectivity index (χ4n) is 12.2. The first-order chi connectivity index (χ1) is 24.2. The second kappa shape index (κ2) is 11.9. The summed E-state index contributed by atoms with van der Waals surface area (Å²) in [6.07, 6.45) is 13.7. The Kier molecular flexibility index (Phi) is 7.66. The molecule has 0 radical (unpaired) electrons. The van der Waals surface area contributed by atoms with Gasteiger partial charge in [-0.3, -0.25) is 4.79 Å². The maximum absolute atomic E-state index is 14.0. The van der Waals surface area contributed by atoms with Crippen molar-refractivity contribution in [2.24, 2.45) is 34.5 Å². The number of carbonyl (C=O) groups is 1. The molecular formula is C46H51NO3. The van der Waals surface area contributed by atoms with Crippen LogP contribution in [0.3, 0.4) is 0 Å². The second-order valence-electron chi connectivity index (χ2n) is 17.2. The van der Waals surface area contributed by atoms with E-state index in [1.54, 1.807) is 0 Å². The average Bonchev–Trinajstić information content (AvgIpc) is 3.45. The van der Waals surface area contributed by atoms with Crippen LogP contribution in [0.4, 0.5) is 0 Å². The van der Waals surface area contributed by atoms with Crippen molar-refractivity contribution >= 4 is 16.8 Å². The Morgan fingerprint density at radius 3 is 2.42 bits per heavy atom. The molecule has 4 heteroatoms. The van der Waals surface area contributed by atoms with E-state index in [4.69, 9.17) is 4.42 Å². The Morgan fingerprint density at radius 1 is 0.840 bits per heavy atom. The summed E-state index contributed by atoms with van der Waals surface area (Å²) in [6, 6.07) is 23.9. The summed E-state index contributed by atoms with van der Waals surface area (Å²) in [5.41, 5.74) is 8.44. The lowest BCUT2D eigenvalue weighted by atomic mass is 9.43. The fraction of sp³-hybridized carbons (Fsp3) is 0.478. The van der Waals surface area contributed by atoms with E-state index in [1.807, 2.05) is 42.5 Å². The van der Waals surface area contributed by atoms with Crippen LogP contribution in [0.2, 0.25) is 0 Å². The molecule has 2 heterocycles. The van der Waals surface area contributed by atoms with Crippen LogP contribution in [0.25, 0.3) is 11.0 Å². The third kappa shape index (κ3) is 4.95. The third-order valence-corrected chi connectivity index (χ3v) is 15.1. The van der Waals surface area contributed by atoms with E-state index in [0.717, 1.165) is 78.5 Å². The smallest absolute Gasteiger partial charge is 0.341 e. The largest absolute Gasteiger partial charge is 0.422 e. The van der Waals surface area contributed by atoms with E-state index in [0.29, 0.717) is 27.9 Å². The maximum Gasteiger partial charge on any atom is 0.341 e. The number of hydrogen-bond acceptors (Lipinski definition) is 4. The van der Waals surface area contributed by atoms with Gasteiger partial charge in [0.15, 0.2) is 5.78 Å². The summed E-state index contributed by atoms with van der Waals surface area (Å²) in [5, 5.41) is 5.05. The Balaban J connectivity index is 0.935. The molecule has 1 aliphatic heterocycles. The molecule has 0 unspecified atom stereocenters. The quantitative estimate of drug-likeness (QED) is 0.131. The highest BCUT2D eigenvalue weighted by Gasteiger charge is 2.61. The zero-order valence-corrected chi connectivity index (χ0v) is 29.9. The minimum absolute atomic E-state index is 0.0456. The Bertz CT molecular complexity index is 2040. The zero-order chi connectivity index (χ0) is 34.3. The van der Waals surface area contributed by atoms with E-state index in [-0.39, 0.29) is 16.9 Å². The van der Waals surface area contributed by atoms with Gasteiger partial charge in [-0.1, -0.05) is 92.7 Å². The summed E-state index contributed by atoms with van der Waals surface area (Å²) in [7, 11) is 0. The molecule has 4 saturated carbocycles. The van der Waals surface area contributed by atoms with Gasteiger partial charge >= 0.3 is 5.63 Å². The van der Waals surface area contributed by atoms with Gasteiger partial charge in [0, 0.05) is 23.1 Å². The van der Waals surface area contributed by atoms with E-state index >= 15 is 0 Å². The molecule has 0 bridgehead atoms. The predicted molar refractivity (Wildman–Crippen MR) is 200 cm³/mol. The number of fused-ring (bicyclic) bond motifs is 9. The van der Waals surface area contributed by atoms with Crippen molar-refractivity contribution in [3.8, 4) is 0 Å². The fourth-order valence-corrected chi connectivity index (χ4v) is 12.2. The average molecular weight is 666 g/mol. The molecule has 4 aromatic rings. The molecule has 1 spiro atoms. The van der Waals surface area contributed by atoms with Gasteiger partial charge in [-0.2, -0.15) is 0 Å². The molecule has 4 nitrogen and oxygen atoms in total. The summed E-state index contributed by atoms with van der Waals surface area (Å²) >= 11 is 0. The van der Waals surface area contributed by atoms with Crippen LogP contribution in [0, 0.1) is 34.5 Å². The molecule has 1 aromatic heterocycles. The van der Waals surface area contributed by atoms with E-state index in [2.05, 4.69) is 56.1 Å². The molecule has 4 aliphatic carbocycles. The highest BCUT2D eigenvalue weighted by molar-refractivity contribution is 6.08. The van der Waals surface area contributed by atoms with Crippen molar-refractivity contribution in [2.75, 3.05) is 6.54 Å². The van der Waals surface area contributed by atoms with Crippen LogP contribution in [-0.2, 0) is 24.8 Å². The lowest BCUT2D eigenvalue weighted by Crippen LogP contribution is -2.60. The monoisotopic (exact) mass is 665 g/mol. The van der Waals surface area contributed by atoms with Crippen LogP contribution in [0.15, 0.2) is 94.2 Å². The van der Waals surface area contributed by atoms with Gasteiger partial charge in [0.1, 0.15) is 5.58 Å². The standard InChI is InChI=1S/C46H51NO3/c1-29-9-20-38-37-19-17-34-28-46(25-24-45(34,3)39(37)21-23-44(29,38)2)41-36(22-26-47-46)35-18-14-31(27-40(35)50-43(41)49)11-10-30-12-15-33(16-13-30)42(48)32-7-5-4-6-8-32/h4-8,12-16,18,27,34,37-39,47H,1,9-11,17,19-26,28H2,2-3H3/t34-,37-,38-,39-,44+,45-,46+/m0/s1. The number of ketones is 1. The van der Waals surface area contributed by atoms with Crippen molar-refractivity contribution in [1.82, 2.24) is 5.32 Å². The van der Waals surface area contributed by atoms with Crippen molar-refractivity contribution in [3.63, 3.8) is 0 Å². The van der Waals surface area contributed by atoms with E-state index in [1.165, 1.54) is 61.6 Å². The molecule has 5 aliphatic rings. The van der Waals surface area contributed by atoms with Gasteiger partial charge in [0.05, 0.1) is 11.1 Å². The number of rotatable bonds is 5. The highest BCUT2D eigenvalue weighted by atomic mass is 16.4. The number of nitrogens with one attached hydrogen (secondary N) is 1. The molecule has 4 fully saturated rings. The van der Waals surface area contributed by atoms with Gasteiger partial charge in [-0.25, -0.2) is 4.79 Å². The van der Waals surface area contributed by atoms with Crippen molar-refractivity contribution in [2.45, 2.75) is 96.4 Å². The molecule has 50 heavy (non-hydrogen) atoms. The number of carbonyl (C=O) groups excluding carboxylic acids is 1. The number of hydrogen-bond donors (Lipinski definition) is 1. The van der Waals surface area contributed by atoms with Gasteiger partial charge in [-0.05, 0) is 134 Å². The van der Waals surface area contributed by atoms with Gasteiger partial charge < -0.3 is 9.73 Å². The summed E-state index contributed by atoms with van der Waals surface area (Å²) < 4.78 is 6.24. The van der Waals surface area contributed by atoms with Crippen LogP contribution < -0.4 is 10.9 Å². The molecular weight excluding hydrogens is 615 g/mol. The first-order valence-electron chi connectivity index (χ1n) is 19.4. The Hall–Kier alpha value is -3.76. The molecule has 0 amide bonds. The summed E-state index contributed by atoms with van der Waals surface area (Å²) in [6.45, 7) is 10.6. The molecule has 7 atom stereocenters. The van der Waals surface area contributed by atoms with Crippen LogP contribution >= 0.6 is 0 Å². The van der Waals surface area contributed by atoms with Gasteiger partial charge in [0.25, 0.3) is 0 Å². The molecule has 0 saturated heterocycles. The van der Waals surface area contributed by atoms with Crippen LogP contribution in [-0.4, -0.2) is 12.3 Å². The maximum atomic E-state index is 14.0. The third-order valence-electron chi connectivity index (χ3n) is 15.1. The summed E-state index contributed by atoms with van der Waals surface area (Å²) in [5.74, 6) is 3.13. The first-order valence-corrected chi connectivity index (χ1v) is 19.4. The van der Waals surface area contributed by atoms with E-state index in [9.17, 15) is 9.59 Å². The van der Waals surface area contributed by atoms with Crippen molar-refractivity contribution in [3.05, 3.63) is 129 Å². The second-order valence-corrected chi connectivity index (χ2v) is 17.2. The number of benzene rings is 3. The summed E-state index contributed by atoms with van der Waals surface area (Å²) in [4.78, 5) is 26.9. The van der Waals surface area contributed by atoms with Crippen molar-refractivity contribution < 1.29 is 9.21 Å². The van der Waals surface area contributed by atoms with Crippen molar-refractivity contribution in [1.29, 1.82) is 0 Å². The van der Waals surface area contributed by atoms with Gasteiger partial charge in [0.2, 0.25) is 0 Å². The Morgan fingerprint density at radius 2 is 1.60 bits per heavy atom. The minimum atomic E-state index is -0.281. The minimum Gasteiger partial charge on any atom is -0.422 e. The molecule has 3 aromatic carbocycles. The molecule has 258 valence electrons. The first kappa shape index (κ1) is 32.2. The highest BCUT2D eigenvalue weighted by Crippen LogP contribution is 2.68. The topological polar surface area (TPSA) is 59.3 Å². The number of aryl methyl sites for hydroxylation is 2. The van der Waals surface area contributed by atoms with E-state index < -0.39 is 0 Å². The normalized spacial score (nSPS) is 33.0. The SMILES string of the molecule is C=C1CC[C@H]2[C@@H]3CC[C@H]4C[C@@]5(CC[C@]4(C)[C@H]3CC[C@]12C)NCCc1c5c(=O)oc2cc(CCc3ccc(C(=O)c4ccccc4)cc3)ccc12.